The van der Waals surface area contributed by atoms with Crippen LogP contribution in [0.4, 0.5) is 0 Å². The fourth-order valence-electron chi connectivity index (χ4n) is 7.37. The molecule has 0 bridgehead atoms. The maximum Gasteiger partial charge on any atom is 0.303 e. The Morgan fingerprint density at radius 3 is 2.65 bits per heavy atom. The third-order valence-electron chi connectivity index (χ3n) is 9.08. The predicted octanol–water partition coefficient (Wildman–Crippen LogP) is 5.09. The molecular weight excluding hydrogens is 324 g/mol. The molecule has 4 aliphatic carbocycles. The summed E-state index contributed by atoms with van der Waals surface area (Å²) < 4.78 is 5.86. The minimum absolute atomic E-state index is 0.132. The van der Waals surface area contributed by atoms with E-state index < -0.39 is 0 Å². The Bertz CT molecular complexity index is 652. The Morgan fingerprint density at radius 2 is 1.96 bits per heavy atom. The van der Waals surface area contributed by atoms with Crippen molar-refractivity contribution in [3.63, 3.8) is 0 Å². The molecule has 7 atom stereocenters. The molecular formula is C23H34O3. The zero-order valence-electron chi connectivity index (χ0n) is 16.8. The summed E-state index contributed by atoms with van der Waals surface area (Å²) in [4.78, 5) is 24.1. The fraction of sp³-hybridized carbons (Fsp3) is 0.826. The number of ketones is 1. The van der Waals surface area contributed by atoms with Gasteiger partial charge in [-0.2, -0.15) is 0 Å². The van der Waals surface area contributed by atoms with E-state index in [2.05, 4.69) is 26.8 Å². The monoisotopic (exact) mass is 358 g/mol. The van der Waals surface area contributed by atoms with E-state index in [1.54, 1.807) is 6.92 Å². The summed E-state index contributed by atoms with van der Waals surface area (Å²) in [6, 6.07) is 0. The lowest BCUT2D eigenvalue weighted by Crippen LogP contribution is -2.56. The molecule has 3 fully saturated rings. The Morgan fingerprint density at radius 1 is 1.19 bits per heavy atom. The number of hydrogen-bond acceptors (Lipinski definition) is 3. The zero-order chi connectivity index (χ0) is 18.7. The SMILES string of the molecule is CC[C@]1(OC(C)=O)CC[C@@]2(C)[C@@H](CC[C@@H]3[C@@H]2CC[C@]2(C)C(=O)C=C[C@@H]32)C1. The van der Waals surface area contributed by atoms with E-state index in [1.165, 1.54) is 19.3 Å². The van der Waals surface area contributed by atoms with E-state index in [1.807, 2.05) is 6.08 Å². The van der Waals surface area contributed by atoms with Gasteiger partial charge in [-0.25, -0.2) is 0 Å². The van der Waals surface area contributed by atoms with Crippen molar-refractivity contribution < 1.29 is 14.3 Å². The highest BCUT2D eigenvalue weighted by Crippen LogP contribution is 2.65. The van der Waals surface area contributed by atoms with Crippen molar-refractivity contribution in [2.75, 3.05) is 0 Å². The van der Waals surface area contributed by atoms with Crippen LogP contribution in [0, 0.1) is 34.5 Å². The molecule has 0 radical (unpaired) electrons. The lowest BCUT2D eigenvalue weighted by atomic mass is 9.44. The van der Waals surface area contributed by atoms with E-state index >= 15 is 0 Å². The lowest BCUT2D eigenvalue weighted by molar-refractivity contribution is -0.181. The number of fused-ring (bicyclic) bond motifs is 5. The summed E-state index contributed by atoms with van der Waals surface area (Å²) >= 11 is 0. The first-order valence-electron chi connectivity index (χ1n) is 10.7. The molecule has 0 aliphatic heterocycles. The molecule has 0 heterocycles. The summed E-state index contributed by atoms with van der Waals surface area (Å²) in [7, 11) is 0. The molecule has 3 heteroatoms. The van der Waals surface area contributed by atoms with Gasteiger partial charge in [0.1, 0.15) is 5.60 Å². The summed E-state index contributed by atoms with van der Waals surface area (Å²) in [5.74, 6) is 2.67. The van der Waals surface area contributed by atoms with Crippen molar-refractivity contribution in [3.8, 4) is 0 Å². The van der Waals surface area contributed by atoms with Gasteiger partial charge in [0.2, 0.25) is 0 Å². The van der Waals surface area contributed by atoms with Crippen molar-refractivity contribution in [3.05, 3.63) is 12.2 Å². The maximum absolute atomic E-state index is 12.5. The van der Waals surface area contributed by atoms with Crippen molar-refractivity contribution in [2.45, 2.75) is 84.7 Å². The summed E-state index contributed by atoms with van der Waals surface area (Å²) in [6.45, 7) is 8.42. The molecule has 0 saturated heterocycles. The topological polar surface area (TPSA) is 43.4 Å². The van der Waals surface area contributed by atoms with Gasteiger partial charge in [0.25, 0.3) is 0 Å². The van der Waals surface area contributed by atoms with Crippen LogP contribution in [0.1, 0.15) is 79.1 Å². The molecule has 4 aliphatic rings. The number of carbonyl (C=O) groups is 2. The number of carbonyl (C=O) groups excluding carboxylic acids is 2. The molecule has 0 aromatic carbocycles. The molecule has 26 heavy (non-hydrogen) atoms. The van der Waals surface area contributed by atoms with Gasteiger partial charge in [-0.3, -0.25) is 9.59 Å². The van der Waals surface area contributed by atoms with Crippen LogP contribution in [0.15, 0.2) is 12.2 Å². The highest BCUT2D eigenvalue weighted by molar-refractivity contribution is 5.97. The lowest BCUT2D eigenvalue weighted by Gasteiger charge is -2.61. The second-order valence-electron chi connectivity index (χ2n) is 10.1. The second-order valence-corrected chi connectivity index (χ2v) is 10.1. The third-order valence-corrected chi connectivity index (χ3v) is 9.08. The van der Waals surface area contributed by atoms with Gasteiger partial charge in [-0.05, 0) is 86.5 Å². The van der Waals surface area contributed by atoms with Crippen LogP contribution in [-0.4, -0.2) is 17.4 Å². The number of allylic oxidation sites excluding steroid dienone is 2. The second kappa shape index (κ2) is 5.94. The third kappa shape index (κ3) is 2.45. The van der Waals surface area contributed by atoms with Gasteiger partial charge in [-0.15, -0.1) is 0 Å². The first kappa shape index (κ1) is 18.3. The maximum atomic E-state index is 12.5. The van der Waals surface area contributed by atoms with E-state index in [-0.39, 0.29) is 17.0 Å². The van der Waals surface area contributed by atoms with Crippen LogP contribution >= 0.6 is 0 Å². The Kier molecular flexibility index (Phi) is 4.17. The van der Waals surface area contributed by atoms with Gasteiger partial charge in [-0.1, -0.05) is 26.8 Å². The van der Waals surface area contributed by atoms with E-state index in [0.717, 1.165) is 32.1 Å². The quantitative estimate of drug-likeness (QED) is 0.646. The van der Waals surface area contributed by atoms with Crippen molar-refractivity contribution in [1.29, 1.82) is 0 Å². The Labute approximate surface area is 157 Å². The fourth-order valence-corrected chi connectivity index (χ4v) is 7.37. The first-order chi connectivity index (χ1) is 12.2. The van der Waals surface area contributed by atoms with Crippen LogP contribution in [0.3, 0.4) is 0 Å². The van der Waals surface area contributed by atoms with Crippen LogP contribution in [0.5, 0.6) is 0 Å². The summed E-state index contributed by atoms with van der Waals surface area (Å²) in [5.41, 5.74) is -0.0399. The van der Waals surface area contributed by atoms with Gasteiger partial charge in [0, 0.05) is 12.3 Å². The number of rotatable bonds is 2. The highest BCUT2D eigenvalue weighted by atomic mass is 16.6. The van der Waals surface area contributed by atoms with Crippen molar-refractivity contribution in [1.82, 2.24) is 0 Å². The number of ether oxygens (including phenoxy) is 1. The van der Waals surface area contributed by atoms with Crippen molar-refractivity contribution in [2.24, 2.45) is 34.5 Å². The number of esters is 1. The normalized spacial score (nSPS) is 49.9. The van der Waals surface area contributed by atoms with Gasteiger partial charge in [0.15, 0.2) is 5.78 Å². The summed E-state index contributed by atoms with van der Waals surface area (Å²) in [5, 5.41) is 0. The minimum Gasteiger partial charge on any atom is -0.459 e. The molecule has 3 nitrogen and oxygen atoms in total. The standard InChI is InChI=1S/C23H34O3/c1-5-23(26-15(2)24)13-12-21(3)16(14-23)6-7-17-18-8-9-20(25)22(18,4)11-10-19(17)21/h8-9,16-19H,5-7,10-14H2,1-4H3/t16-,17-,18-,19-,21-,22-,23-/m0/s1. The van der Waals surface area contributed by atoms with Crippen LogP contribution < -0.4 is 0 Å². The smallest absolute Gasteiger partial charge is 0.303 e. The Hall–Kier alpha value is -1.12. The average Bonchev–Trinajstić information content (AvgIpc) is 2.90. The van der Waals surface area contributed by atoms with E-state index in [0.29, 0.717) is 34.9 Å². The molecule has 4 rings (SSSR count). The molecule has 3 saturated carbocycles. The molecule has 0 aromatic rings. The largest absolute Gasteiger partial charge is 0.459 e. The Balaban J connectivity index is 1.59. The molecule has 0 unspecified atom stereocenters. The molecule has 0 spiro atoms. The van der Waals surface area contributed by atoms with Gasteiger partial charge >= 0.3 is 5.97 Å². The highest BCUT2D eigenvalue weighted by Gasteiger charge is 2.60. The van der Waals surface area contributed by atoms with Crippen LogP contribution in [0.25, 0.3) is 0 Å². The van der Waals surface area contributed by atoms with Gasteiger partial charge in [0.05, 0.1) is 0 Å². The first-order valence-corrected chi connectivity index (χ1v) is 10.7. The molecule has 0 N–H and O–H groups in total. The predicted molar refractivity (Wildman–Crippen MR) is 101 cm³/mol. The summed E-state index contributed by atoms with van der Waals surface area (Å²) in [6.07, 6.45) is 12.9. The van der Waals surface area contributed by atoms with Crippen LogP contribution in [-0.2, 0) is 14.3 Å². The van der Waals surface area contributed by atoms with Gasteiger partial charge < -0.3 is 4.74 Å². The molecule has 0 amide bonds. The average molecular weight is 359 g/mol. The number of hydrogen-bond donors (Lipinski definition) is 0. The molecule has 144 valence electrons. The molecule has 0 aromatic heterocycles. The van der Waals surface area contributed by atoms with Crippen molar-refractivity contribution >= 4 is 11.8 Å². The zero-order valence-corrected chi connectivity index (χ0v) is 16.8. The minimum atomic E-state index is -0.241. The van der Waals surface area contributed by atoms with Crippen LogP contribution in [0.2, 0.25) is 0 Å². The van der Waals surface area contributed by atoms with E-state index in [4.69, 9.17) is 4.74 Å². The van der Waals surface area contributed by atoms with E-state index in [9.17, 15) is 9.59 Å².